The quantitative estimate of drug-likeness (QED) is 0.672. The van der Waals surface area contributed by atoms with Crippen molar-refractivity contribution in [2.45, 2.75) is 19.1 Å². The molecular weight excluding hydrogens is 434 g/mol. The van der Waals surface area contributed by atoms with Crippen molar-refractivity contribution in [1.82, 2.24) is 10.3 Å². The first-order valence-electron chi connectivity index (χ1n) is 10.7. The number of nitrogens with one attached hydrogen (secondary N) is 1. The lowest BCUT2D eigenvalue weighted by Gasteiger charge is -2.15. The molecule has 2 aromatic rings. The van der Waals surface area contributed by atoms with E-state index in [1.54, 1.807) is 19.2 Å². The topological polar surface area (TPSA) is 107 Å². The Bertz CT molecular complexity index is 930. The zero-order valence-corrected chi connectivity index (χ0v) is 18.5. The van der Waals surface area contributed by atoms with Crippen LogP contribution < -0.4 is 16.0 Å². The first-order valence-corrected chi connectivity index (χ1v) is 10.7. The van der Waals surface area contributed by atoms with E-state index in [2.05, 4.69) is 10.3 Å². The monoisotopic (exact) mass is 462 g/mol. The number of halogens is 2. The molecule has 178 valence electrons. The van der Waals surface area contributed by atoms with Crippen LogP contribution in [0.25, 0.3) is 11.1 Å². The molecule has 10 heteroatoms. The molecule has 33 heavy (non-hydrogen) atoms. The number of aromatic nitrogens is 1. The summed E-state index contributed by atoms with van der Waals surface area (Å²) in [5.74, 6) is -0.0317. The van der Waals surface area contributed by atoms with Gasteiger partial charge in [0.25, 0.3) is 0 Å². The van der Waals surface area contributed by atoms with Gasteiger partial charge in [-0.1, -0.05) is 6.07 Å². The van der Waals surface area contributed by atoms with Crippen LogP contribution in [0.1, 0.15) is 6.92 Å². The van der Waals surface area contributed by atoms with Crippen LogP contribution in [0.5, 0.6) is 0 Å². The maximum atomic E-state index is 14.4. The van der Waals surface area contributed by atoms with Gasteiger partial charge >= 0.3 is 6.09 Å². The van der Waals surface area contributed by atoms with Gasteiger partial charge in [-0.05, 0) is 32.2 Å². The van der Waals surface area contributed by atoms with Crippen molar-refractivity contribution in [3.8, 4) is 11.1 Å². The minimum Gasteiger partial charge on any atom is -0.443 e. The summed E-state index contributed by atoms with van der Waals surface area (Å²) in [4.78, 5) is 25.7. The van der Waals surface area contributed by atoms with E-state index in [0.717, 1.165) is 43.5 Å². The second kappa shape index (κ2) is 11.3. The average Bonchev–Trinajstić information content (AvgIpc) is 3.14. The van der Waals surface area contributed by atoms with E-state index in [9.17, 15) is 13.6 Å². The number of hydrogen-bond donors (Lipinski definition) is 2. The molecule has 8 nitrogen and oxygen atoms in total. The molecule has 3 fully saturated rings. The third-order valence-corrected chi connectivity index (χ3v) is 5.61. The Morgan fingerprint density at radius 1 is 1.27 bits per heavy atom. The summed E-state index contributed by atoms with van der Waals surface area (Å²) in [6, 6.07) is 5.93. The van der Waals surface area contributed by atoms with E-state index in [4.69, 9.17) is 20.0 Å². The lowest BCUT2D eigenvalue weighted by Crippen LogP contribution is -2.29. The molecule has 3 aliphatic rings. The van der Waals surface area contributed by atoms with Gasteiger partial charge in [-0.2, -0.15) is 0 Å². The Balaban J connectivity index is 0.000000252. The maximum absolute atomic E-state index is 14.4. The van der Waals surface area contributed by atoms with Crippen LogP contribution in [0, 0.1) is 23.5 Å². The van der Waals surface area contributed by atoms with Crippen molar-refractivity contribution >= 4 is 18.1 Å². The van der Waals surface area contributed by atoms with Gasteiger partial charge in [0.1, 0.15) is 24.0 Å². The van der Waals surface area contributed by atoms with Crippen molar-refractivity contribution in [3.05, 3.63) is 48.3 Å². The Labute approximate surface area is 191 Å². The number of fused-ring (bicyclic) bond motifs is 1. The smallest absolute Gasteiger partial charge is 0.414 e. The third-order valence-electron chi connectivity index (χ3n) is 5.61. The summed E-state index contributed by atoms with van der Waals surface area (Å²) in [6.07, 6.45) is 2.69. The molecule has 0 radical (unpaired) electrons. The van der Waals surface area contributed by atoms with Gasteiger partial charge in [0.05, 0.1) is 31.0 Å². The zero-order chi connectivity index (χ0) is 24.0. The van der Waals surface area contributed by atoms with E-state index >= 15 is 0 Å². The molecule has 0 spiro atoms. The number of carbonyl (C=O) groups is 2. The Morgan fingerprint density at radius 2 is 1.91 bits per heavy atom. The van der Waals surface area contributed by atoms with Crippen molar-refractivity contribution in [2.24, 2.45) is 17.6 Å². The number of anilines is 1. The molecule has 2 saturated heterocycles. The van der Waals surface area contributed by atoms with Crippen LogP contribution in [0.3, 0.4) is 0 Å². The number of ether oxygens (including phenoxy) is 2. The largest absolute Gasteiger partial charge is 0.443 e. The molecular formula is C23H28F2N4O4. The number of aldehydes is 1. The number of hydrogen-bond acceptors (Lipinski definition) is 7. The SMILES string of the molecule is CC=O.CNCC1CN(c2cc(F)c(-c3cccnc3)c(F)c2)C(=O)O1.NC1[C@H]2COC[C@@H]12. The second-order valence-electron chi connectivity index (χ2n) is 7.88. The van der Waals surface area contributed by atoms with Crippen molar-refractivity contribution in [3.63, 3.8) is 0 Å². The molecule has 0 bridgehead atoms. The van der Waals surface area contributed by atoms with Crippen LogP contribution in [-0.4, -0.2) is 62.9 Å². The molecule has 1 saturated carbocycles. The van der Waals surface area contributed by atoms with Gasteiger partial charge in [-0.3, -0.25) is 9.88 Å². The number of amides is 1. The summed E-state index contributed by atoms with van der Waals surface area (Å²) in [5, 5.41) is 2.90. The van der Waals surface area contributed by atoms with Crippen molar-refractivity contribution in [1.29, 1.82) is 0 Å². The van der Waals surface area contributed by atoms with Gasteiger partial charge in [-0.25, -0.2) is 13.6 Å². The Morgan fingerprint density at radius 3 is 2.39 bits per heavy atom. The summed E-state index contributed by atoms with van der Waals surface area (Å²) in [5.41, 5.74) is 5.90. The number of benzene rings is 1. The Kier molecular flexibility index (Phi) is 8.43. The van der Waals surface area contributed by atoms with Gasteiger partial charge in [0, 0.05) is 42.4 Å². The molecule has 3 N–H and O–H groups in total. The molecule has 5 rings (SSSR count). The predicted octanol–water partition coefficient (Wildman–Crippen LogP) is 2.37. The molecule has 1 amide bonds. The van der Waals surface area contributed by atoms with Crippen LogP contribution in [0.4, 0.5) is 19.3 Å². The fourth-order valence-electron chi connectivity index (χ4n) is 3.85. The van der Waals surface area contributed by atoms with Crippen molar-refractivity contribution in [2.75, 3.05) is 38.3 Å². The minimum atomic E-state index is -0.752. The summed E-state index contributed by atoms with van der Waals surface area (Å²) >= 11 is 0. The van der Waals surface area contributed by atoms with Crippen LogP contribution in [0.2, 0.25) is 0 Å². The Hall–Kier alpha value is -2.95. The number of cyclic esters (lactones) is 1. The van der Waals surface area contributed by atoms with Crippen LogP contribution in [-0.2, 0) is 14.3 Å². The van der Waals surface area contributed by atoms with E-state index in [-0.39, 0.29) is 23.9 Å². The number of rotatable bonds is 4. The molecule has 3 heterocycles. The summed E-state index contributed by atoms with van der Waals surface area (Å²) in [7, 11) is 1.73. The lowest BCUT2D eigenvalue weighted by atomic mass is 10.1. The first-order chi connectivity index (χ1) is 15.9. The van der Waals surface area contributed by atoms with Gasteiger partial charge in [-0.15, -0.1) is 0 Å². The highest BCUT2D eigenvalue weighted by Crippen LogP contribution is 2.42. The predicted molar refractivity (Wildman–Crippen MR) is 119 cm³/mol. The van der Waals surface area contributed by atoms with Crippen LogP contribution >= 0.6 is 0 Å². The van der Waals surface area contributed by atoms with E-state index in [1.165, 1.54) is 24.2 Å². The second-order valence-corrected chi connectivity index (χ2v) is 7.88. The third kappa shape index (κ3) is 5.89. The minimum absolute atomic E-state index is 0.135. The van der Waals surface area contributed by atoms with E-state index in [0.29, 0.717) is 18.2 Å². The average molecular weight is 462 g/mol. The standard InChI is InChI=1S/C16H15F2N3O2.C5H9NO.C2H4O/c1-19-8-12-9-21(16(22)23-12)11-5-13(17)15(14(18)6-11)10-3-2-4-20-7-10;6-5-3-1-7-2-4(3)5;1-2-3/h2-7,12,19H,8-9H2,1H3;3-5H,1-2,6H2;2H,1H3/t;3-,4+,5?;. The molecule has 1 aromatic carbocycles. The first kappa shape index (κ1) is 24.7. The lowest BCUT2D eigenvalue weighted by molar-refractivity contribution is -0.106. The highest BCUT2D eigenvalue weighted by atomic mass is 19.1. The highest BCUT2D eigenvalue weighted by molar-refractivity contribution is 5.90. The zero-order valence-electron chi connectivity index (χ0n) is 18.5. The normalized spacial score (nSPS) is 24.6. The molecule has 4 atom stereocenters. The maximum Gasteiger partial charge on any atom is 0.414 e. The van der Waals surface area contributed by atoms with Gasteiger partial charge in [0.2, 0.25) is 0 Å². The van der Waals surface area contributed by atoms with Crippen LogP contribution in [0.15, 0.2) is 36.7 Å². The highest BCUT2D eigenvalue weighted by Gasteiger charge is 2.51. The fourth-order valence-corrected chi connectivity index (χ4v) is 3.85. The van der Waals surface area contributed by atoms with E-state index in [1.807, 2.05) is 0 Å². The number of nitrogens with zero attached hydrogens (tertiary/aromatic N) is 2. The molecule has 1 aliphatic carbocycles. The summed E-state index contributed by atoms with van der Waals surface area (Å²) < 4.78 is 39.0. The van der Waals surface area contributed by atoms with Crippen molar-refractivity contribution < 1.29 is 27.8 Å². The number of likely N-dealkylation sites (N-methyl/N-ethyl adjacent to an activating group) is 1. The molecule has 1 aromatic heterocycles. The summed E-state index contributed by atoms with van der Waals surface area (Å²) in [6.45, 7) is 4.00. The number of carbonyl (C=O) groups excluding carboxylic acids is 2. The van der Waals surface area contributed by atoms with Gasteiger partial charge < -0.3 is 25.3 Å². The number of pyridine rings is 1. The fraction of sp³-hybridized carbons (Fsp3) is 0.435. The van der Waals surface area contributed by atoms with Gasteiger partial charge in [0.15, 0.2) is 0 Å². The molecule has 2 aliphatic heterocycles. The van der Waals surface area contributed by atoms with E-state index < -0.39 is 17.7 Å². The molecule has 2 unspecified atom stereocenters. The number of nitrogens with two attached hydrogens (primary N) is 1.